The molecule has 0 aliphatic carbocycles. The van der Waals surface area contributed by atoms with E-state index in [1.165, 1.54) is 0 Å². The molecule has 0 saturated carbocycles. The van der Waals surface area contributed by atoms with Crippen LogP contribution in [0, 0.1) is 0 Å². The van der Waals surface area contributed by atoms with E-state index in [1.54, 1.807) is 12.5 Å². The molecule has 6 nitrogen and oxygen atoms in total. The van der Waals surface area contributed by atoms with E-state index in [9.17, 15) is 0 Å². The first-order chi connectivity index (χ1) is 9.79. The van der Waals surface area contributed by atoms with Gasteiger partial charge in [0.1, 0.15) is 6.33 Å². The first kappa shape index (κ1) is 12.4. The Hall–Kier alpha value is -2.63. The molecule has 2 aromatic heterocycles. The zero-order valence-electron chi connectivity index (χ0n) is 11.2. The van der Waals surface area contributed by atoms with Crippen LogP contribution in [0.1, 0.15) is 12.7 Å². The molecule has 0 spiro atoms. The number of rotatable bonds is 4. The molecular formula is C14H16N6. The second-order valence-electron chi connectivity index (χ2n) is 4.48. The van der Waals surface area contributed by atoms with Crippen molar-refractivity contribution < 1.29 is 0 Å². The van der Waals surface area contributed by atoms with Gasteiger partial charge in [-0.05, 0) is 31.2 Å². The summed E-state index contributed by atoms with van der Waals surface area (Å²) in [6, 6.07) is 7.75. The number of nitrogens with zero attached hydrogens (tertiary/aromatic N) is 4. The van der Waals surface area contributed by atoms with Gasteiger partial charge in [-0.25, -0.2) is 0 Å². The molecule has 1 aromatic carbocycles. The van der Waals surface area contributed by atoms with Crippen LogP contribution in [0.25, 0.3) is 10.9 Å². The summed E-state index contributed by atoms with van der Waals surface area (Å²) >= 11 is 0. The fourth-order valence-corrected chi connectivity index (χ4v) is 2.18. The highest BCUT2D eigenvalue weighted by Crippen LogP contribution is 2.27. The van der Waals surface area contributed by atoms with Crippen LogP contribution in [0.4, 0.5) is 11.4 Å². The molecule has 20 heavy (non-hydrogen) atoms. The number of benzene rings is 1. The summed E-state index contributed by atoms with van der Waals surface area (Å²) in [5.41, 5.74) is 8.67. The van der Waals surface area contributed by atoms with Crippen molar-refractivity contribution in [2.75, 3.05) is 11.1 Å². The molecule has 3 N–H and O–H groups in total. The van der Waals surface area contributed by atoms with Gasteiger partial charge >= 0.3 is 0 Å². The molecule has 0 saturated heterocycles. The van der Waals surface area contributed by atoms with Crippen LogP contribution < -0.4 is 11.1 Å². The number of nitrogens with two attached hydrogens (primary N) is 1. The maximum atomic E-state index is 6.18. The number of aromatic nitrogens is 4. The Balaban J connectivity index is 1.86. The molecule has 0 radical (unpaired) electrons. The van der Waals surface area contributed by atoms with Gasteiger partial charge in [0.15, 0.2) is 5.82 Å². The minimum absolute atomic E-state index is 0.587. The summed E-state index contributed by atoms with van der Waals surface area (Å²) in [4.78, 5) is 4.29. The Labute approximate surface area is 116 Å². The zero-order valence-corrected chi connectivity index (χ0v) is 11.2. The largest absolute Gasteiger partial charge is 0.397 e. The highest BCUT2D eigenvalue weighted by Gasteiger charge is 2.07. The minimum Gasteiger partial charge on any atom is -0.397 e. The smallest absolute Gasteiger partial charge is 0.152 e. The van der Waals surface area contributed by atoms with Gasteiger partial charge < -0.3 is 15.6 Å². The lowest BCUT2D eigenvalue weighted by Crippen LogP contribution is -2.09. The summed E-state index contributed by atoms with van der Waals surface area (Å²) in [5.74, 6) is 0.887. The number of anilines is 2. The van der Waals surface area contributed by atoms with Gasteiger partial charge in [-0.1, -0.05) is 0 Å². The molecule has 0 unspecified atom stereocenters. The van der Waals surface area contributed by atoms with Gasteiger partial charge in [-0.2, -0.15) is 0 Å². The van der Waals surface area contributed by atoms with E-state index in [0.717, 1.165) is 29.0 Å². The lowest BCUT2D eigenvalue weighted by Gasteiger charge is -2.11. The third kappa shape index (κ3) is 2.16. The van der Waals surface area contributed by atoms with Gasteiger partial charge in [0.25, 0.3) is 0 Å². The van der Waals surface area contributed by atoms with Crippen molar-refractivity contribution in [2.24, 2.45) is 0 Å². The van der Waals surface area contributed by atoms with Crippen LogP contribution in [0.2, 0.25) is 0 Å². The van der Waals surface area contributed by atoms with Gasteiger partial charge in [0.2, 0.25) is 0 Å². The molecule has 102 valence electrons. The summed E-state index contributed by atoms with van der Waals surface area (Å²) in [6.45, 7) is 3.49. The Morgan fingerprint density at radius 3 is 3.05 bits per heavy atom. The number of nitrogen functional groups attached to an aromatic ring is 1. The van der Waals surface area contributed by atoms with E-state index >= 15 is 0 Å². The quantitative estimate of drug-likeness (QED) is 0.708. The van der Waals surface area contributed by atoms with Crippen LogP contribution in [0.5, 0.6) is 0 Å². The van der Waals surface area contributed by atoms with E-state index < -0.39 is 0 Å². The highest BCUT2D eigenvalue weighted by molar-refractivity contribution is 5.96. The van der Waals surface area contributed by atoms with E-state index in [2.05, 4.69) is 27.4 Å². The van der Waals surface area contributed by atoms with Crippen LogP contribution in [0.15, 0.2) is 36.8 Å². The third-order valence-corrected chi connectivity index (χ3v) is 3.30. The lowest BCUT2D eigenvalue weighted by molar-refractivity contribution is 0.708. The molecule has 0 aliphatic rings. The summed E-state index contributed by atoms with van der Waals surface area (Å²) in [6.07, 6.45) is 3.49. The van der Waals surface area contributed by atoms with E-state index in [0.29, 0.717) is 12.2 Å². The topological polar surface area (TPSA) is 81.7 Å². The van der Waals surface area contributed by atoms with E-state index in [1.807, 2.05) is 28.8 Å². The van der Waals surface area contributed by atoms with E-state index in [-0.39, 0.29) is 0 Å². The van der Waals surface area contributed by atoms with Gasteiger partial charge in [0, 0.05) is 18.1 Å². The number of fused-ring (bicyclic) bond motifs is 1. The molecule has 0 fully saturated rings. The Kier molecular flexibility index (Phi) is 3.20. The maximum absolute atomic E-state index is 6.18. The summed E-state index contributed by atoms with van der Waals surface area (Å²) in [5, 5.41) is 12.3. The SMILES string of the molecule is CCn1cnnc1CNc1ccc2ncccc2c1N. The lowest BCUT2D eigenvalue weighted by atomic mass is 10.1. The molecule has 0 amide bonds. The van der Waals surface area contributed by atoms with Crippen molar-refractivity contribution in [1.82, 2.24) is 19.7 Å². The Morgan fingerprint density at radius 2 is 2.20 bits per heavy atom. The van der Waals surface area contributed by atoms with Gasteiger partial charge in [-0.3, -0.25) is 4.98 Å². The number of pyridine rings is 1. The Bertz CT molecular complexity index is 733. The van der Waals surface area contributed by atoms with Crippen LogP contribution in [-0.2, 0) is 13.1 Å². The Morgan fingerprint density at radius 1 is 1.30 bits per heavy atom. The standard InChI is InChI=1S/C14H16N6/c1-2-20-9-18-19-13(20)8-17-12-6-5-11-10(14(12)15)4-3-7-16-11/h3-7,9,17H,2,8,15H2,1H3. The number of hydrogen-bond acceptors (Lipinski definition) is 5. The monoisotopic (exact) mass is 268 g/mol. The van der Waals surface area contributed by atoms with Gasteiger partial charge in [-0.15, -0.1) is 10.2 Å². The molecule has 0 atom stereocenters. The van der Waals surface area contributed by atoms with Crippen molar-refractivity contribution in [3.8, 4) is 0 Å². The molecule has 2 heterocycles. The molecular weight excluding hydrogens is 252 g/mol. The second-order valence-corrected chi connectivity index (χ2v) is 4.48. The number of nitrogens with one attached hydrogen (secondary N) is 1. The van der Waals surface area contributed by atoms with Crippen LogP contribution in [0.3, 0.4) is 0 Å². The first-order valence-electron chi connectivity index (χ1n) is 6.53. The highest BCUT2D eigenvalue weighted by atomic mass is 15.3. The zero-order chi connectivity index (χ0) is 13.9. The van der Waals surface area contributed by atoms with Crippen LogP contribution in [-0.4, -0.2) is 19.7 Å². The predicted octanol–water partition coefficient (Wildman–Crippen LogP) is 2.04. The molecule has 3 rings (SSSR count). The maximum Gasteiger partial charge on any atom is 0.152 e. The average Bonchev–Trinajstić information content (AvgIpc) is 2.94. The first-order valence-corrected chi connectivity index (χ1v) is 6.53. The van der Waals surface area contributed by atoms with Gasteiger partial charge in [0.05, 0.1) is 23.4 Å². The number of aryl methyl sites for hydroxylation is 1. The van der Waals surface area contributed by atoms with Crippen molar-refractivity contribution in [1.29, 1.82) is 0 Å². The summed E-state index contributed by atoms with van der Waals surface area (Å²) in [7, 11) is 0. The van der Waals surface area contributed by atoms with Crippen molar-refractivity contribution in [3.63, 3.8) is 0 Å². The van der Waals surface area contributed by atoms with Crippen LogP contribution >= 0.6 is 0 Å². The third-order valence-electron chi connectivity index (χ3n) is 3.30. The predicted molar refractivity (Wildman–Crippen MR) is 79.2 cm³/mol. The van der Waals surface area contributed by atoms with Crippen molar-refractivity contribution in [2.45, 2.75) is 20.0 Å². The molecule has 3 aromatic rings. The van der Waals surface area contributed by atoms with E-state index in [4.69, 9.17) is 5.73 Å². The second kappa shape index (κ2) is 5.16. The van der Waals surface area contributed by atoms with Crippen molar-refractivity contribution >= 4 is 22.3 Å². The molecule has 6 heteroatoms. The average molecular weight is 268 g/mol. The molecule has 0 bridgehead atoms. The fourth-order valence-electron chi connectivity index (χ4n) is 2.18. The summed E-state index contributed by atoms with van der Waals surface area (Å²) < 4.78 is 1.99. The normalized spacial score (nSPS) is 10.8. The minimum atomic E-state index is 0.587. The van der Waals surface area contributed by atoms with Crippen molar-refractivity contribution in [3.05, 3.63) is 42.6 Å². The number of hydrogen-bond donors (Lipinski definition) is 2. The molecule has 0 aliphatic heterocycles. The fraction of sp³-hybridized carbons (Fsp3) is 0.214.